The molecule has 3 N–H and O–H groups in total. The standard InChI is InChI=1S/C23H21F3N2O2/c1-30-20-12-5-7-16(13-20)15-27-21(17-8-3-2-4-9-17)22(29)28-19-11-6-10-18(14-19)23(24,25)26/h2-14,21,27H,15H2,1H3,(H,28,29)/p+1/t21-/m0/s1. The average molecular weight is 415 g/mol. The molecule has 3 rings (SSSR count). The maximum Gasteiger partial charge on any atom is 0.416 e. The molecule has 0 spiro atoms. The summed E-state index contributed by atoms with van der Waals surface area (Å²) < 4.78 is 44.1. The summed E-state index contributed by atoms with van der Waals surface area (Å²) in [6.07, 6.45) is -4.47. The van der Waals surface area contributed by atoms with Crippen LogP contribution in [0.1, 0.15) is 22.7 Å². The number of methoxy groups -OCH3 is 1. The summed E-state index contributed by atoms with van der Waals surface area (Å²) in [6, 6.07) is 20.6. The van der Waals surface area contributed by atoms with Crippen LogP contribution in [0.15, 0.2) is 78.9 Å². The second-order valence-electron chi connectivity index (χ2n) is 6.75. The van der Waals surface area contributed by atoms with Crippen molar-refractivity contribution in [2.45, 2.75) is 18.8 Å². The second kappa shape index (κ2) is 9.45. The van der Waals surface area contributed by atoms with Gasteiger partial charge in [0.2, 0.25) is 0 Å². The fourth-order valence-electron chi connectivity index (χ4n) is 3.10. The van der Waals surface area contributed by atoms with Gasteiger partial charge < -0.3 is 15.4 Å². The molecule has 7 heteroatoms. The van der Waals surface area contributed by atoms with Gasteiger partial charge in [0.25, 0.3) is 5.91 Å². The lowest BCUT2D eigenvalue weighted by molar-refractivity contribution is -0.697. The highest BCUT2D eigenvalue weighted by atomic mass is 19.4. The van der Waals surface area contributed by atoms with Crippen LogP contribution < -0.4 is 15.4 Å². The van der Waals surface area contributed by atoms with Crippen LogP contribution in [-0.2, 0) is 17.5 Å². The van der Waals surface area contributed by atoms with E-state index in [0.29, 0.717) is 12.3 Å². The lowest BCUT2D eigenvalue weighted by atomic mass is 10.1. The van der Waals surface area contributed by atoms with Crippen molar-refractivity contribution < 1.29 is 28.0 Å². The Morgan fingerprint density at radius 2 is 1.73 bits per heavy atom. The highest BCUT2D eigenvalue weighted by Crippen LogP contribution is 2.30. The van der Waals surface area contributed by atoms with E-state index in [1.54, 1.807) is 7.11 Å². The summed E-state index contributed by atoms with van der Waals surface area (Å²) in [5.41, 5.74) is 1.01. The fraction of sp³-hybridized carbons (Fsp3) is 0.174. The van der Waals surface area contributed by atoms with E-state index in [1.807, 2.05) is 59.9 Å². The minimum atomic E-state index is -4.47. The van der Waals surface area contributed by atoms with Gasteiger partial charge in [0.15, 0.2) is 6.04 Å². The molecule has 0 unspecified atom stereocenters. The monoisotopic (exact) mass is 415 g/mol. The molecule has 0 aliphatic heterocycles. The van der Waals surface area contributed by atoms with E-state index in [0.717, 1.165) is 23.3 Å². The minimum Gasteiger partial charge on any atom is -0.497 e. The van der Waals surface area contributed by atoms with Crippen LogP contribution in [0, 0.1) is 0 Å². The Morgan fingerprint density at radius 1 is 1.00 bits per heavy atom. The van der Waals surface area contributed by atoms with Gasteiger partial charge in [-0.05, 0) is 30.3 Å². The number of ether oxygens (including phenoxy) is 1. The van der Waals surface area contributed by atoms with Gasteiger partial charge in [-0.3, -0.25) is 4.79 Å². The summed E-state index contributed by atoms with van der Waals surface area (Å²) in [4.78, 5) is 13.0. The van der Waals surface area contributed by atoms with Gasteiger partial charge in [-0.15, -0.1) is 0 Å². The van der Waals surface area contributed by atoms with E-state index >= 15 is 0 Å². The van der Waals surface area contributed by atoms with Crippen molar-refractivity contribution >= 4 is 11.6 Å². The predicted molar refractivity (Wildman–Crippen MR) is 108 cm³/mol. The molecule has 3 aromatic carbocycles. The Bertz CT molecular complexity index is 991. The first-order valence-electron chi connectivity index (χ1n) is 9.36. The van der Waals surface area contributed by atoms with Crippen LogP contribution in [0.5, 0.6) is 5.75 Å². The Kier molecular flexibility index (Phi) is 6.74. The lowest BCUT2D eigenvalue weighted by Crippen LogP contribution is -2.85. The Balaban J connectivity index is 1.79. The molecule has 0 bridgehead atoms. The van der Waals surface area contributed by atoms with Crippen LogP contribution in [0.4, 0.5) is 18.9 Å². The SMILES string of the molecule is COc1cccc(C[NH2+][C@H](C(=O)Nc2cccc(C(F)(F)F)c2)c2ccccc2)c1. The number of amides is 1. The molecule has 0 aliphatic carbocycles. The van der Waals surface area contributed by atoms with E-state index in [9.17, 15) is 18.0 Å². The number of benzene rings is 3. The maximum atomic E-state index is 13.0. The van der Waals surface area contributed by atoms with Gasteiger partial charge in [0.1, 0.15) is 12.3 Å². The van der Waals surface area contributed by atoms with Crippen molar-refractivity contribution in [3.63, 3.8) is 0 Å². The molecule has 0 aromatic heterocycles. The number of carbonyl (C=O) groups excluding carboxylic acids is 1. The van der Waals surface area contributed by atoms with Crippen molar-refractivity contribution in [3.8, 4) is 5.75 Å². The number of hydrogen-bond acceptors (Lipinski definition) is 2. The third kappa shape index (κ3) is 5.61. The molecule has 156 valence electrons. The smallest absolute Gasteiger partial charge is 0.416 e. The zero-order valence-corrected chi connectivity index (χ0v) is 16.3. The molecule has 0 aliphatic rings. The number of anilines is 1. The number of halogens is 3. The molecule has 0 fully saturated rings. The van der Waals surface area contributed by atoms with E-state index in [2.05, 4.69) is 5.32 Å². The molecule has 0 heterocycles. The van der Waals surface area contributed by atoms with Gasteiger partial charge in [-0.2, -0.15) is 13.2 Å². The van der Waals surface area contributed by atoms with Crippen LogP contribution in [0.25, 0.3) is 0 Å². The Labute approximate surface area is 172 Å². The summed E-state index contributed by atoms with van der Waals surface area (Å²) >= 11 is 0. The van der Waals surface area contributed by atoms with Crippen molar-refractivity contribution in [2.24, 2.45) is 0 Å². The van der Waals surface area contributed by atoms with Gasteiger partial charge in [0.05, 0.1) is 12.7 Å². The minimum absolute atomic E-state index is 0.102. The first-order chi connectivity index (χ1) is 14.4. The molecule has 0 radical (unpaired) electrons. The third-order valence-electron chi connectivity index (χ3n) is 4.62. The zero-order chi connectivity index (χ0) is 21.6. The van der Waals surface area contributed by atoms with E-state index < -0.39 is 23.7 Å². The second-order valence-corrected chi connectivity index (χ2v) is 6.75. The van der Waals surface area contributed by atoms with Gasteiger partial charge in [0, 0.05) is 16.8 Å². The topological polar surface area (TPSA) is 54.9 Å². The maximum absolute atomic E-state index is 13.0. The average Bonchev–Trinajstić information content (AvgIpc) is 2.74. The van der Waals surface area contributed by atoms with Gasteiger partial charge in [-0.25, -0.2) is 0 Å². The van der Waals surface area contributed by atoms with Crippen LogP contribution >= 0.6 is 0 Å². The number of alkyl halides is 3. The number of rotatable bonds is 7. The summed E-state index contributed by atoms with van der Waals surface area (Å²) in [7, 11) is 1.58. The van der Waals surface area contributed by atoms with Crippen molar-refractivity contribution in [1.29, 1.82) is 0 Å². The first-order valence-corrected chi connectivity index (χ1v) is 9.36. The number of nitrogens with one attached hydrogen (secondary N) is 1. The summed E-state index contributed by atoms with van der Waals surface area (Å²) in [5, 5.41) is 4.46. The van der Waals surface area contributed by atoms with Crippen LogP contribution in [0.3, 0.4) is 0 Å². The van der Waals surface area contributed by atoms with Gasteiger partial charge in [-0.1, -0.05) is 48.5 Å². The number of carbonyl (C=O) groups is 1. The summed E-state index contributed by atoms with van der Waals surface area (Å²) in [6.45, 7) is 0.493. The van der Waals surface area contributed by atoms with E-state index in [4.69, 9.17) is 4.74 Å². The number of hydrogen-bond donors (Lipinski definition) is 2. The quantitative estimate of drug-likeness (QED) is 0.609. The van der Waals surface area contributed by atoms with Gasteiger partial charge >= 0.3 is 6.18 Å². The molecular formula is C23H22F3N2O2+. The largest absolute Gasteiger partial charge is 0.497 e. The highest BCUT2D eigenvalue weighted by molar-refractivity contribution is 5.94. The molecule has 1 amide bonds. The molecular weight excluding hydrogens is 393 g/mol. The predicted octanol–water partition coefficient (Wildman–Crippen LogP) is 4.16. The molecule has 0 saturated heterocycles. The summed E-state index contributed by atoms with van der Waals surface area (Å²) in [5.74, 6) is 0.314. The molecule has 1 atom stereocenters. The fourth-order valence-corrected chi connectivity index (χ4v) is 3.10. The van der Waals surface area contributed by atoms with Crippen molar-refractivity contribution in [3.05, 3.63) is 95.6 Å². The number of nitrogens with two attached hydrogens (primary N) is 1. The third-order valence-corrected chi connectivity index (χ3v) is 4.62. The zero-order valence-electron chi connectivity index (χ0n) is 16.3. The number of quaternary nitrogens is 1. The van der Waals surface area contributed by atoms with Crippen LogP contribution in [-0.4, -0.2) is 13.0 Å². The molecule has 3 aromatic rings. The Morgan fingerprint density at radius 3 is 2.43 bits per heavy atom. The van der Waals surface area contributed by atoms with Crippen molar-refractivity contribution in [1.82, 2.24) is 0 Å². The van der Waals surface area contributed by atoms with E-state index in [-0.39, 0.29) is 5.69 Å². The van der Waals surface area contributed by atoms with E-state index in [1.165, 1.54) is 12.1 Å². The Hall–Kier alpha value is -3.32. The molecule has 0 saturated carbocycles. The molecule has 30 heavy (non-hydrogen) atoms. The highest BCUT2D eigenvalue weighted by Gasteiger charge is 2.31. The lowest BCUT2D eigenvalue weighted by Gasteiger charge is -2.17. The van der Waals surface area contributed by atoms with Crippen molar-refractivity contribution in [2.75, 3.05) is 12.4 Å². The normalized spacial score (nSPS) is 12.3. The van der Waals surface area contributed by atoms with Crippen LogP contribution in [0.2, 0.25) is 0 Å². The first kappa shape index (κ1) is 21.4. The molecule has 4 nitrogen and oxygen atoms in total.